The van der Waals surface area contributed by atoms with Crippen molar-refractivity contribution in [2.24, 2.45) is 0 Å². The van der Waals surface area contributed by atoms with Crippen LogP contribution in [0.1, 0.15) is 55.6 Å². The molecule has 0 atom stereocenters. The van der Waals surface area contributed by atoms with Crippen LogP contribution in [0.4, 0.5) is 0 Å². The van der Waals surface area contributed by atoms with E-state index in [2.05, 4.69) is 59.5 Å². The number of allylic oxidation sites excluding steroid dienone is 1. The van der Waals surface area contributed by atoms with E-state index in [1.54, 1.807) is 0 Å². The molecule has 0 unspecified atom stereocenters. The van der Waals surface area contributed by atoms with Crippen LogP contribution < -0.4 is 0 Å². The average molecular weight is 323 g/mol. The molecule has 2 aromatic rings. The van der Waals surface area contributed by atoms with Crippen molar-refractivity contribution >= 4 is 6.08 Å². The lowest BCUT2D eigenvalue weighted by atomic mass is 10.1. The maximum absolute atomic E-state index is 5.93. The maximum Gasteiger partial charge on any atom is 0.126 e. The lowest BCUT2D eigenvalue weighted by Crippen LogP contribution is -2.28. The number of piperidine rings is 1. The standard InChI is InChI=1S/C22H29NO/c1(5-11-20-12-6-3-7-13-20)2-8-14-21-15-16-22(24-21)19-23-17-9-4-10-18-23/h3,6-8,12-16H,1-2,4-5,9-11,17-19H2. The highest BCUT2D eigenvalue weighted by Gasteiger charge is 2.11. The fourth-order valence-corrected chi connectivity index (χ4v) is 3.34. The molecule has 0 amide bonds. The Bertz CT molecular complexity index is 608. The summed E-state index contributed by atoms with van der Waals surface area (Å²) in [6.07, 6.45) is 13.2. The molecule has 0 N–H and O–H groups in total. The summed E-state index contributed by atoms with van der Waals surface area (Å²) in [5.41, 5.74) is 1.44. The predicted octanol–water partition coefficient (Wildman–Crippen LogP) is 5.69. The second-order valence-corrected chi connectivity index (χ2v) is 6.77. The number of rotatable bonds is 8. The van der Waals surface area contributed by atoms with Crippen LogP contribution in [0.2, 0.25) is 0 Å². The molecule has 0 spiro atoms. The van der Waals surface area contributed by atoms with Crippen molar-refractivity contribution in [1.82, 2.24) is 4.90 Å². The Morgan fingerprint density at radius 2 is 1.75 bits per heavy atom. The third-order valence-electron chi connectivity index (χ3n) is 4.72. The summed E-state index contributed by atoms with van der Waals surface area (Å²) in [5.74, 6) is 2.09. The van der Waals surface area contributed by atoms with Crippen molar-refractivity contribution in [3.8, 4) is 0 Å². The zero-order valence-electron chi connectivity index (χ0n) is 14.6. The Kier molecular flexibility index (Phi) is 6.73. The van der Waals surface area contributed by atoms with Gasteiger partial charge in [-0.25, -0.2) is 0 Å². The minimum absolute atomic E-state index is 0.963. The molecule has 0 saturated carbocycles. The van der Waals surface area contributed by atoms with Gasteiger partial charge in [0.15, 0.2) is 0 Å². The molecule has 1 aromatic carbocycles. The largest absolute Gasteiger partial charge is 0.460 e. The first-order chi connectivity index (χ1) is 11.9. The quantitative estimate of drug-likeness (QED) is 0.580. The van der Waals surface area contributed by atoms with Crippen LogP contribution >= 0.6 is 0 Å². The number of benzene rings is 1. The lowest BCUT2D eigenvalue weighted by Gasteiger charge is -2.25. The van der Waals surface area contributed by atoms with Crippen LogP contribution in [0.5, 0.6) is 0 Å². The third-order valence-corrected chi connectivity index (χ3v) is 4.72. The van der Waals surface area contributed by atoms with E-state index < -0.39 is 0 Å². The molecule has 0 radical (unpaired) electrons. The van der Waals surface area contributed by atoms with E-state index in [1.807, 2.05) is 0 Å². The molecule has 2 heterocycles. The molecule has 24 heavy (non-hydrogen) atoms. The van der Waals surface area contributed by atoms with Gasteiger partial charge in [0.2, 0.25) is 0 Å². The Hall–Kier alpha value is -1.80. The molecular formula is C22H29NO. The highest BCUT2D eigenvalue weighted by atomic mass is 16.3. The molecule has 1 fully saturated rings. The summed E-state index contributed by atoms with van der Waals surface area (Å²) >= 11 is 0. The second-order valence-electron chi connectivity index (χ2n) is 6.77. The third kappa shape index (κ3) is 5.68. The van der Waals surface area contributed by atoms with Gasteiger partial charge in [0.1, 0.15) is 11.5 Å². The minimum atomic E-state index is 0.963. The van der Waals surface area contributed by atoms with Crippen molar-refractivity contribution in [1.29, 1.82) is 0 Å². The van der Waals surface area contributed by atoms with Gasteiger partial charge in [-0.15, -0.1) is 0 Å². The van der Waals surface area contributed by atoms with Crippen molar-refractivity contribution in [2.45, 2.75) is 51.5 Å². The Morgan fingerprint density at radius 3 is 2.58 bits per heavy atom. The van der Waals surface area contributed by atoms with Gasteiger partial charge in [0.05, 0.1) is 6.54 Å². The molecular weight excluding hydrogens is 294 g/mol. The molecule has 1 aliphatic heterocycles. The maximum atomic E-state index is 5.93. The molecule has 1 saturated heterocycles. The first kappa shape index (κ1) is 17.0. The summed E-state index contributed by atoms with van der Waals surface area (Å²) in [5, 5.41) is 0. The van der Waals surface area contributed by atoms with Crippen LogP contribution in [0, 0.1) is 0 Å². The topological polar surface area (TPSA) is 16.4 Å². The first-order valence-electron chi connectivity index (χ1n) is 9.42. The van der Waals surface area contributed by atoms with E-state index in [1.165, 1.54) is 57.2 Å². The van der Waals surface area contributed by atoms with Gasteiger partial charge in [0.25, 0.3) is 0 Å². The van der Waals surface area contributed by atoms with Crippen molar-refractivity contribution in [3.05, 3.63) is 65.6 Å². The Labute approximate surface area is 146 Å². The molecule has 2 nitrogen and oxygen atoms in total. The van der Waals surface area contributed by atoms with Gasteiger partial charge >= 0.3 is 0 Å². The van der Waals surface area contributed by atoms with E-state index in [4.69, 9.17) is 4.42 Å². The zero-order chi connectivity index (χ0) is 16.5. The number of furan rings is 1. The van der Waals surface area contributed by atoms with E-state index in [-0.39, 0.29) is 0 Å². The highest BCUT2D eigenvalue weighted by Crippen LogP contribution is 2.16. The zero-order valence-corrected chi connectivity index (χ0v) is 14.6. The summed E-state index contributed by atoms with van der Waals surface area (Å²) < 4.78 is 5.93. The van der Waals surface area contributed by atoms with Gasteiger partial charge in [0, 0.05) is 0 Å². The summed E-state index contributed by atoms with van der Waals surface area (Å²) in [6, 6.07) is 15.0. The van der Waals surface area contributed by atoms with Crippen LogP contribution in [0.3, 0.4) is 0 Å². The molecule has 2 heteroatoms. The van der Waals surface area contributed by atoms with Crippen molar-refractivity contribution in [3.63, 3.8) is 0 Å². The van der Waals surface area contributed by atoms with Gasteiger partial charge in [-0.1, -0.05) is 42.8 Å². The first-order valence-corrected chi connectivity index (χ1v) is 9.42. The summed E-state index contributed by atoms with van der Waals surface area (Å²) in [4.78, 5) is 2.50. The van der Waals surface area contributed by atoms with Crippen molar-refractivity contribution < 1.29 is 4.42 Å². The van der Waals surface area contributed by atoms with E-state index >= 15 is 0 Å². The lowest BCUT2D eigenvalue weighted by molar-refractivity contribution is 0.205. The van der Waals surface area contributed by atoms with E-state index in [0.717, 1.165) is 24.5 Å². The summed E-state index contributed by atoms with van der Waals surface area (Å²) in [7, 11) is 0. The normalized spacial score (nSPS) is 16.0. The molecule has 128 valence electrons. The average Bonchev–Trinajstić information content (AvgIpc) is 3.07. The number of nitrogens with zero attached hydrogens (tertiary/aromatic N) is 1. The predicted molar refractivity (Wildman–Crippen MR) is 101 cm³/mol. The van der Waals surface area contributed by atoms with Gasteiger partial charge in [-0.2, -0.15) is 0 Å². The van der Waals surface area contributed by atoms with E-state index in [0.29, 0.717) is 0 Å². The van der Waals surface area contributed by atoms with Crippen LogP contribution in [0.25, 0.3) is 6.08 Å². The number of likely N-dealkylation sites (tertiary alicyclic amines) is 1. The van der Waals surface area contributed by atoms with Crippen LogP contribution in [-0.2, 0) is 13.0 Å². The van der Waals surface area contributed by atoms with Crippen molar-refractivity contribution in [2.75, 3.05) is 13.1 Å². The minimum Gasteiger partial charge on any atom is -0.460 e. The van der Waals surface area contributed by atoms with Crippen LogP contribution in [0.15, 0.2) is 53.0 Å². The summed E-state index contributed by atoms with van der Waals surface area (Å²) in [6.45, 7) is 3.39. The second kappa shape index (κ2) is 9.48. The van der Waals surface area contributed by atoms with E-state index in [9.17, 15) is 0 Å². The fourth-order valence-electron chi connectivity index (χ4n) is 3.34. The Morgan fingerprint density at radius 1 is 0.917 bits per heavy atom. The monoisotopic (exact) mass is 323 g/mol. The number of hydrogen-bond acceptors (Lipinski definition) is 2. The van der Waals surface area contributed by atoms with Gasteiger partial charge < -0.3 is 4.42 Å². The fraction of sp³-hybridized carbons (Fsp3) is 0.455. The molecule has 0 bridgehead atoms. The molecule has 3 rings (SSSR count). The molecule has 1 aliphatic rings. The molecule has 1 aromatic heterocycles. The van der Waals surface area contributed by atoms with Crippen LogP contribution in [-0.4, -0.2) is 18.0 Å². The SMILES string of the molecule is C(=Cc1ccc(CN2CCCCC2)o1)CCCCc1ccccc1. The van der Waals surface area contributed by atoms with Gasteiger partial charge in [-0.3, -0.25) is 4.90 Å². The Balaban J connectivity index is 1.34. The smallest absolute Gasteiger partial charge is 0.126 e. The number of aryl methyl sites for hydroxylation is 1. The van der Waals surface area contributed by atoms with Gasteiger partial charge in [-0.05, 0) is 75.4 Å². The number of hydrogen-bond donors (Lipinski definition) is 0. The highest BCUT2D eigenvalue weighted by molar-refractivity contribution is 5.42. The number of unbranched alkanes of at least 4 members (excludes halogenated alkanes) is 2. The molecule has 0 aliphatic carbocycles.